The first-order valence-corrected chi connectivity index (χ1v) is 5.00. The third-order valence-corrected chi connectivity index (χ3v) is 2.45. The minimum absolute atomic E-state index is 0.418. The third kappa shape index (κ3) is 2.48. The van der Waals surface area contributed by atoms with Gasteiger partial charge in [0.2, 0.25) is 0 Å². The van der Waals surface area contributed by atoms with E-state index >= 15 is 0 Å². The Morgan fingerprint density at radius 1 is 1.14 bits per heavy atom. The SMILES string of the molecule is CNC(c1ccc(OC)cc1)C(C)C. The van der Waals surface area contributed by atoms with Crippen molar-refractivity contribution in [3.63, 3.8) is 0 Å². The second kappa shape index (κ2) is 5.01. The van der Waals surface area contributed by atoms with Crippen LogP contribution < -0.4 is 10.1 Å². The number of hydrogen-bond acceptors (Lipinski definition) is 2. The summed E-state index contributed by atoms with van der Waals surface area (Å²) in [6.45, 7) is 4.43. The molecule has 0 aliphatic heterocycles. The van der Waals surface area contributed by atoms with Gasteiger partial charge in [-0.3, -0.25) is 0 Å². The maximum absolute atomic E-state index is 5.12. The van der Waals surface area contributed by atoms with Crippen LogP contribution in [0.4, 0.5) is 0 Å². The van der Waals surface area contributed by atoms with Crippen LogP contribution in [0.15, 0.2) is 24.3 Å². The normalized spacial score (nSPS) is 12.9. The summed E-state index contributed by atoms with van der Waals surface area (Å²) in [4.78, 5) is 0. The van der Waals surface area contributed by atoms with Gasteiger partial charge in [-0.25, -0.2) is 0 Å². The van der Waals surface area contributed by atoms with Crippen molar-refractivity contribution >= 4 is 0 Å². The molecule has 0 aromatic heterocycles. The largest absolute Gasteiger partial charge is 0.497 e. The smallest absolute Gasteiger partial charge is 0.118 e. The molecule has 2 nitrogen and oxygen atoms in total. The van der Waals surface area contributed by atoms with Crippen molar-refractivity contribution < 1.29 is 4.74 Å². The summed E-state index contributed by atoms with van der Waals surface area (Å²) in [6.07, 6.45) is 0. The van der Waals surface area contributed by atoms with E-state index in [1.165, 1.54) is 5.56 Å². The number of ether oxygens (including phenoxy) is 1. The van der Waals surface area contributed by atoms with Crippen LogP contribution in [0.3, 0.4) is 0 Å². The highest BCUT2D eigenvalue weighted by molar-refractivity contribution is 5.29. The van der Waals surface area contributed by atoms with Crippen LogP contribution in [0.1, 0.15) is 25.5 Å². The molecule has 2 heteroatoms. The van der Waals surface area contributed by atoms with Gasteiger partial charge in [-0.2, -0.15) is 0 Å². The molecule has 78 valence electrons. The minimum atomic E-state index is 0.418. The highest BCUT2D eigenvalue weighted by Gasteiger charge is 2.12. The van der Waals surface area contributed by atoms with E-state index in [-0.39, 0.29) is 0 Å². The molecule has 0 aliphatic carbocycles. The molecule has 0 amide bonds. The molecular weight excluding hydrogens is 174 g/mol. The fourth-order valence-electron chi connectivity index (χ4n) is 1.70. The molecule has 1 aromatic rings. The summed E-state index contributed by atoms with van der Waals surface area (Å²) in [6, 6.07) is 8.64. The van der Waals surface area contributed by atoms with Gasteiger partial charge in [-0.1, -0.05) is 26.0 Å². The third-order valence-electron chi connectivity index (χ3n) is 2.45. The number of methoxy groups -OCH3 is 1. The molecule has 14 heavy (non-hydrogen) atoms. The van der Waals surface area contributed by atoms with E-state index in [0.29, 0.717) is 12.0 Å². The van der Waals surface area contributed by atoms with E-state index in [1.807, 2.05) is 19.2 Å². The molecule has 0 saturated carbocycles. The van der Waals surface area contributed by atoms with Gasteiger partial charge in [-0.05, 0) is 30.7 Å². The van der Waals surface area contributed by atoms with Crippen LogP contribution in [-0.2, 0) is 0 Å². The fraction of sp³-hybridized carbons (Fsp3) is 0.500. The second-order valence-corrected chi connectivity index (χ2v) is 3.78. The molecule has 0 spiro atoms. The summed E-state index contributed by atoms with van der Waals surface area (Å²) in [7, 11) is 3.68. The standard InChI is InChI=1S/C12H19NO/c1-9(2)12(13-3)10-5-7-11(14-4)8-6-10/h5-9,12-13H,1-4H3. The number of hydrogen-bond donors (Lipinski definition) is 1. The van der Waals surface area contributed by atoms with Crippen molar-refractivity contribution in [1.29, 1.82) is 0 Å². The molecule has 0 saturated heterocycles. The van der Waals surface area contributed by atoms with E-state index in [4.69, 9.17) is 4.74 Å². The summed E-state index contributed by atoms with van der Waals surface area (Å²) >= 11 is 0. The lowest BCUT2D eigenvalue weighted by atomic mass is 9.96. The monoisotopic (exact) mass is 193 g/mol. The van der Waals surface area contributed by atoms with E-state index in [2.05, 4.69) is 31.3 Å². The number of nitrogens with one attached hydrogen (secondary N) is 1. The molecule has 1 unspecified atom stereocenters. The van der Waals surface area contributed by atoms with Crippen molar-refractivity contribution in [2.45, 2.75) is 19.9 Å². The lowest BCUT2D eigenvalue weighted by Crippen LogP contribution is -2.21. The molecule has 0 fully saturated rings. The summed E-state index contributed by atoms with van der Waals surface area (Å²) in [5.74, 6) is 1.50. The molecule has 1 N–H and O–H groups in total. The maximum Gasteiger partial charge on any atom is 0.118 e. The van der Waals surface area contributed by atoms with Gasteiger partial charge in [0.05, 0.1) is 7.11 Å². The van der Waals surface area contributed by atoms with E-state index < -0.39 is 0 Å². The summed E-state index contributed by atoms with van der Waals surface area (Å²) < 4.78 is 5.12. The van der Waals surface area contributed by atoms with Crippen LogP contribution >= 0.6 is 0 Å². The Hall–Kier alpha value is -1.02. The molecule has 1 aromatic carbocycles. The van der Waals surface area contributed by atoms with Crippen LogP contribution in [0, 0.1) is 5.92 Å². The van der Waals surface area contributed by atoms with Gasteiger partial charge in [-0.15, -0.1) is 0 Å². The number of rotatable bonds is 4. The predicted molar refractivity (Wildman–Crippen MR) is 59.6 cm³/mol. The van der Waals surface area contributed by atoms with Gasteiger partial charge in [0.1, 0.15) is 5.75 Å². The van der Waals surface area contributed by atoms with E-state index in [9.17, 15) is 0 Å². The van der Waals surface area contributed by atoms with E-state index in [0.717, 1.165) is 5.75 Å². The summed E-state index contributed by atoms with van der Waals surface area (Å²) in [5, 5.41) is 3.31. The van der Waals surface area contributed by atoms with Crippen LogP contribution in [0.2, 0.25) is 0 Å². The fourth-order valence-corrected chi connectivity index (χ4v) is 1.70. The topological polar surface area (TPSA) is 21.3 Å². The zero-order valence-electron chi connectivity index (χ0n) is 9.37. The lowest BCUT2D eigenvalue weighted by Gasteiger charge is -2.20. The highest BCUT2D eigenvalue weighted by atomic mass is 16.5. The van der Waals surface area contributed by atoms with Crippen LogP contribution in [0.25, 0.3) is 0 Å². The number of benzene rings is 1. The predicted octanol–water partition coefficient (Wildman–Crippen LogP) is 2.61. The Bertz CT molecular complexity index is 266. The van der Waals surface area contributed by atoms with E-state index in [1.54, 1.807) is 7.11 Å². The maximum atomic E-state index is 5.12. The van der Waals surface area contributed by atoms with Gasteiger partial charge in [0, 0.05) is 6.04 Å². The van der Waals surface area contributed by atoms with Gasteiger partial charge in [0.25, 0.3) is 0 Å². The first-order valence-electron chi connectivity index (χ1n) is 5.00. The van der Waals surface area contributed by atoms with Gasteiger partial charge >= 0.3 is 0 Å². The molecule has 0 bridgehead atoms. The first kappa shape index (κ1) is 11.1. The Morgan fingerprint density at radius 2 is 1.71 bits per heavy atom. The molecule has 1 rings (SSSR count). The molecule has 0 heterocycles. The Morgan fingerprint density at radius 3 is 2.07 bits per heavy atom. The van der Waals surface area contributed by atoms with Crippen LogP contribution in [-0.4, -0.2) is 14.2 Å². The van der Waals surface area contributed by atoms with Crippen molar-refractivity contribution in [3.8, 4) is 5.75 Å². The Kier molecular flexibility index (Phi) is 3.96. The summed E-state index contributed by atoms with van der Waals surface area (Å²) in [5.41, 5.74) is 1.31. The van der Waals surface area contributed by atoms with Crippen molar-refractivity contribution in [2.24, 2.45) is 5.92 Å². The van der Waals surface area contributed by atoms with Gasteiger partial charge in [0.15, 0.2) is 0 Å². The van der Waals surface area contributed by atoms with Crippen molar-refractivity contribution in [3.05, 3.63) is 29.8 Å². The van der Waals surface area contributed by atoms with Gasteiger partial charge < -0.3 is 10.1 Å². The first-order chi connectivity index (χ1) is 6.69. The molecular formula is C12H19NO. The minimum Gasteiger partial charge on any atom is -0.497 e. The van der Waals surface area contributed by atoms with Crippen molar-refractivity contribution in [1.82, 2.24) is 5.32 Å². The quantitative estimate of drug-likeness (QED) is 0.793. The zero-order chi connectivity index (χ0) is 10.6. The Balaban J connectivity index is 2.84. The second-order valence-electron chi connectivity index (χ2n) is 3.78. The van der Waals surface area contributed by atoms with Crippen LogP contribution in [0.5, 0.6) is 5.75 Å². The van der Waals surface area contributed by atoms with Crippen molar-refractivity contribution in [2.75, 3.05) is 14.2 Å². The highest BCUT2D eigenvalue weighted by Crippen LogP contribution is 2.23. The average Bonchev–Trinajstić information content (AvgIpc) is 2.19. The average molecular weight is 193 g/mol. The molecule has 0 radical (unpaired) electrons. The lowest BCUT2D eigenvalue weighted by molar-refractivity contribution is 0.412. The molecule has 0 aliphatic rings. The molecule has 1 atom stereocenters. The Labute approximate surface area is 86.3 Å². The zero-order valence-corrected chi connectivity index (χ0v) is 9.37.